The highest BCUT2D eigenvalue weighted by atomic mass is 16.2. The minimum Gasteiger partial charge on any atom is -0.368 e. The molecule has 0 saturated carbocycles. The largest absolute Gasteiger partial charge is 0.368 e. The van der Waals surface area contributed by atoms with Crippen LogP contribution in [0.5, 0.6) is 0 Å². The number of Topliss-reactive ketones (excluding diaryl/α,β-unsaturated/α-hetero) is 1. The van der Waals surface area contributed by atoms with Crippen molar-refractivity contribution in [3.8, 4) is 0 Å². The number of benzene rings is 1. The molecule has 0 spiro atoms. The van der Waals surface area contributed by atoms with Gasteiger partial charge >= 0.3 is 0 Å². The molecular formula is C17H24N4O3. The Kier molecular flexibility index (Phi) is 5.69. The minimum atomic E-state index is -0.434. The van der Waals surface area contributed by atoms with Gasteiger partial charge in [-0.1, -0.05) is 12.1 Å². The molecule has 0 aromatic heterocycles. The Hall–Kier alpha value is -2.25. The van der Waals surface area contributed by atoms with Gasteiger partial charge in [-0.05, 0) is 31.9 Å². The molecule has 1 unspecified atom stereocenters. The van der Waals surface area contributed by atoms with Crippen molar-refractivity contribution in [3.63, 3.8) is 0 Å². The van der Waals surface area contributed by atoms with E-state index in [-0.39, 0.29) is 18.2 Å². The third-order valence-corrected chi connectivity index (χ3v) is 4.29. The number of nitrogens with two attached hydrogens (primary N) is 1. The van der Waals surface area contributed by atoms with Crippen LogP contribution in [0.15, 0.2) is 12.1 Å². The molecule has 0 aliphatic carbocycles. The van der Waals surface area contributed by atoms with E-state index in [4.69, 9.17) is 5.73 Å². The Labute approximate surface area is 141 Å². The van der Waals surface area contributed by atoms with Gasteiger partial charge in [-0.2, -0.15) is 0 Å². The molecular weight excluding hydrogens is 308 g/mol. The fourth-order valence-corrected chi connectivity index (χ4v) is 2.95. The average molecular weight is 332 g/mol. The summed E-state index contributed by atoms with van der Waals surface area (Å²) in [4.78, 5) is 37.2. The number of nitrogens with one attached hydrogen (secondary N) is 2. The number of hydrogen-bond acceptors (Lipinski definition) is 5. The molecule has 7 nitrogen and oxygen atoms in total. The predicted octanol–water partition coefficient (Wildman–Crippen LogP) is 0.204. The zero-order valence-electron chi connectivity index (χ0n) is 14.3. The molecule has 1 aromatic rings. The molecule has 1 aliphatic rings. The smallest absolute Gasteiger partial charge is 0.238 e. The first kappa shape index (κ1) is 18.1. The Morgan fingerprint density at radius 2 is 2.04 bits per heavy atom. The van der Waals surface area contributed by atoms with Gasteiger partial charge in [0.1, 0.15) is 0 Å². The summed E-state index contributed by atoms with van der Waals surface area (Å²) in [5.74, 6) is -0.623. The van der Waals surface area contributed by atoms with Gasteiger partial charge in [0.15, 0.2) is 5.78 Å². The number of primary amides is 1. The molecule has 4 N–H and O–H groups in total. The molecule has 0 bridgehead atoms. The summed E-state index contributed by atoms with van der Waals surface area (Å²) in [5, 5.41) is 5.92. The monoisotopic (exact) mass is 332 g/mol. The molecule has 1 atom stereocenters. The highest BCUT2D eigenvalue weighted by Crippen LogP contribution is 2.24. The number of rotatable bonds is 5. The van der Waals surface area contributed by atoms with Crippen molar-refractivity contribution >= 4 is 23.3 Å². The molecule has 1 heterocycles. The molecule has 1 fully saturated rings. The summed E-state index contributed by atoms with van der Waals surface area (Å²) in [7, 11) is 0. The standard InChI is InChI=1S/C17H24N4O3/c1-10-4-5-13(12(3)22)11(2)16(10)20-15(23)9-21-7-6-19-14(8-21)17(18)24/h4-5,14,19H,6-9H2,1-3H3,(H2,18,24)(H,20,23). The van der Waals surface area contributed by atoms with Crippen molar-refractivity contribution in [3.05, 3.63) is 28.8 Å². The van der Waals surface area contributed by atoms with Gasteiger partial charge in [0.2, 0.25) is 11.8 Å². The predicted molar refractivity (Wildman–Crippen MR) is 92.0 cm³/mol. The van der Waals surface area contributed by atoms with E-state index < -0.39 is 11.9 Å². The highest BCUT2D eigenvalue weighted by molar-refractivity contribution is 6.00. The molecule has 130 valence electrons. The molecule has 7 heteroatoms. The number of amides is 2. The fraction of sp³-hybridized carbons (Fsp3) is 0.471. The zero-order chi connectivity index (χ0) is 17.9. The molecule has 2 amide bonds. The second-order valence-electron chi connectivity index (χ2n) is 6.18. The average Bonchev–Trinajstić information content (AvgIpc) is 2.51. The number of carbonyl (C=O) groups excluding carboxylic acids is 3. The van der Waals surface area contributed by atoms with Crippen molar-refractivity contribution in [1.29, 1.82) is 0 Å². The topological polar surface area (TPSA) is 105 Å². The Morgan fingerprint density at radius 3 is 2.67 bits per heavy atom. The van der Waals surface area contributed by atoms with E-state index in [1.807, 2.05) is 24.8 Å². The first-order chi connectivity index (χ1) is 11.3. The maximum Gasteiger partial charge on any atom is 0.238 e. The van der Waals surface area contributed by atoms with E-state index in [1.54, 1.807) is 6.07 Å². The fourth-order valence-electron chi connectivity index (χ4n) is 2.95. The van der Waals surface area contributed by atoms with E-state index in [0.29, 0.717) is 30.9 Å². The maximum atomic E-state index is 12.4. The molecule has 24 heavy (non-hydrogen) atoms. The second-order valence-corrected chi connectivity index (χ2v) is 6.18. The normalized spacial score (nSPS) is 18.2. The van der Waals surface area contributed by atoms with Crippen LogP contribution in [-0.2, 0) is 9.59 Å². The number of anilines is 1. The minimum absolute atomic E-state index is 0.0330. The number of nitrogens with zero attached hydrogens (tertiary/aromatic N) is 1. The van der Waals surface area contributed by atoms with Crippen molar-refractivity contribution < 1.29 is 14.4 Å². The zero-order valence-corrected chi connectivity index (χ0v) is 14.3. The van der Waals surface area contributed by atoms with Crippen LogP contribution in [0.3, 0.4) is 0 Å². The van der Waals surface area contributed by atoms with Crippen LogP contribution in [-0.4, -0.2) is 54.7 Å². The number of carbonyl (C=O) groups is 3. The van der Waals surface area contributed by atoms with Crippen LogP contribution in [0, 0.1) is 13.8 Å². The lowest BCUT2D eigenvalue weighted by atomic mass is 10.00. The summed E-state index contributed by atoms with van der Waals surface area (Å²) in [6, 6.07) is 3.17. The van der Waals surface area contributed by atoms with Gasteiger partial charge in [-0.25, -0.2) is 0 Å². The number of piperazine rings is 1. The molecule has 1 aliphatic heterocycles. The third-order valence-electron chi connectivity index (χ3n) is 4.29. The van der Waals surface area contributed by atoms with Crippen LogP contribution in [0.2, 0.25) is 0 Å². The van der Waals surface area contributed by atoms with Crippen molar-refractivity contribution in [2.75, 3.05) is 31.5 Å². The lowest BCUT2D eigenvalue weighted by molar-refractivity contribution is -0.123. The van der Waals surface area contributed by atoms with E-state index in [2.05, 4.69) is 10.6 Å². The van der Waals surface area contributed by atoms with Gasteiger partial charge < -0.3 is 16.4 Å². The molecule has 1 aromatic carbocycles. The summed E-state index contributed by atoms with van der Waals surface area (Å²) in [5.41, 5.74) is 8.26. The first-order valence-corrected chi connectivity index (χ1v) is 7.95. The lowest BCUT2D eigenvalue weighted by Crippen LogP contribution is -2.57. The summed E-state index contributed by atoms with van der Waals surface area (Å²) in [6.45, 7) is 7.09. The van der Waals surface area contributed by atoms with Crippen molar-refractivity contribution in [1.82, 2.24) is 10.2 Å². The quantitative estimate of drug-likeness (QED) is 0.668. The Morgan fingerprint density at radius 1 is 1.33 bits per heavy atom. The number of hydrogen-bond donors (Lipinski definition) is 3. The summed E-state index contributed by atoms with van der Waals surface area (Å²) >= 11 is 0. The van der Waals surface area contributed by atoms with E-state index in [9.17, 15) is 14.4 Å². The number of ketones is 1. The Balaban J connectivity index is 2.06. The number of aryl methyl sites for hydroxylation is 1. The van der Waals surface area contributed by atoms with Crippen LogP contribution in [0.4, 0.5) is 5.69 Å². The maximum absolute atomic E-state index is 12.4. The van der Waals surface area contributed by atoms with Gasteiger partial charge in [0, 0.05) is 30.9 Å². The van der Waals surface area contributed by atoms with Gasteiger partial charge in [0.25, 0.3) is 0 Å². The summed E-state index contributed by atoms with van der Waals surface area (Å²) in [6.07, 6.45) is 0. The van der Waals surface area contributed by atoms with Gasteiger partial charge in [-0.3, -0.25) is 19.3 Å². The molecule has 2 rings (SSSR count). The third kappa shape index (κ3) is 4.18. The van der Waals surface area contributed by atoms with E-state index in [1.165, 1.54) is 6.92 Å². The second kappa shape index (κ2) is 7.55. The van der Waals surface area contributed by atoms with Crippen LogP contribution in [0.1, 0.15) is 28.4 Å². The SMILES string of the molecule is CC(=O)c1ccc(C)c(NC(=O)CN2CCNC(C(N)=O)C2)c1C. The van der Waals surface area contributed by atoms with Gasteiger partial charge in [0.05, 0.1) is 12.6 Å². The van der Waals surface area contributed by atoms with Crippen LogP contribution >= 0.6 is 0 Å². The van der Waals surface area contributed by atoms with E-state index >= 15 is 0 Å². The van der Waals surface area contributed by atoms with Crippen LogP contribution < -0.4 is 16.4 Å². The van der Waals surface area contributed by atoms with E-state index in [0.717, 1.165) is 11.1 Å². The summed E-state index contributed by atoms with van der Waals surface area (Å²) < 4.78 is 0. The van der Waals surface area contributed by atoms with Crippen molar-refractivity contribution in [2.45, 2.75) is 26.8 Å². The Bertz CT molecular complexity index is 672. The van der Waals surface area contributed by atoms with Crippen molar-refractivity contribution in [2.24, 2.45) is 5.73 Å². The molecule has 1 saturated heterocycles. The van der Waals surface area contributed by atoms with Crippen LogP contribution in [0.25, 0.3) is 0 Å². The van der Waals surface area contributed by atoms with Gasteiger partial charge in [-0.15, -0.1) is 0 Å². The molecule has 0 radical (unpaired) electrons. The lowest BCUT2D eigenvalue weighted by Gasteiger charge is -2.31. The highest BCUT2D eigenvalue weighted by Gasteiger charge is 2.25. The first-order valence-electron chi connectivity index (χ1n) is 7.95.